The van der Waals surface area contributed by atoms with E-state index in [9.17, 15) is 5.11 Å². The van der Waals surface area contributed by atoms with E-state index in [1.807, 2.05) is 18.2 Å². The van der Waals surface area contributed by atoms with Crippen LogP contribution in [0.2, 0.25) is 0 Å². The molecule has 1 aliphatic rings. The number of ether oxygens (including phenoxy) is 2. The van der Waals surface area contributed by atoms with Crippen molar-refractivity contribution in [3.63, 3.8) is 0 Å². The number of hydrogen-bond donors (Lipinski definition) is 1. The van der Waals surface area contributed by atoms with Gasteiger partial charge in [0.15, 0.2) is 0 Å². The average Bonchev–Trinajstić information content (AvgIpc) is 2.48. The fraction of sp³-hybridized carbons (Fsp3) is 0.294. The van der Waals surface area contributed by atoms with Crippen LogP contribution in [0.5, 0.6) is 11.5 Å². The summed E-state index contributed by atoms with van der Waals surface area (Å²) in [6.45, 7) is 0.609. The number of fused-ring (bicyclic) bond motifs is 1. The largest absolute Gasteiger partial charge is 0.497 e. The lowest BCUT2D eigenvalue weighted by Gasteiger charge is -2.30. The Bertz CT molecular complexity index is 607. The maximum atomic E-state index is 9.36. The maximum Gasteiger partial charge on any atom is 0.128 e. The van der Waals surface area contributed by atoms with Gasteiger partial charge in [-0.15, -0.1) is 0 Å². The van der Waals surface area contributed by atoms with Crippen molar-refractivity contribution in [1.82, 2.24) is 0 Å². The number of hydrogen-bond acceptors (Lipinski definition) is 3. The van der Waals surface area contributed by atoms with E-state index in [2.05, 4.69) is 24.3 Å². The average molecular weight is 270 g/mol. The molecule has 0 amide bonds. The molecule has 0 heterocycles. The molecule has 3 rings (SSSR count). The van der Waals surface area contributed by atoms with Crippen molar-refractivity contribution in [2.45, 2.75) is 18.9 Å². The lowest BCUT2D eigenvalue weighted by atomic mass is 9.78. The molecular formula is C17H18O3. The first-order valence-corrected chi connectivity index (χ1v) is 6.80. The lowest BCUT2D eigenvalue weighted by Crippen LogP contribution is -2.23. The van der Waals surface area contributed by atoms with E-state index in [4.69, 9.17) is 9.47 Å². The summed E-state index contributed by atoms with van der Waals surface area (Å²) >= 11 is 0. The summed E-state index contributed by atoms with van der Waals surface area (Å²) in [6, 6.07) is 14.0. The molecule has 1 atom stereocenters. The number of aliphatic hydroxyl groups excluding tert-OH is 1. The minimum Gasteiger partial charge on any atom is -0.497 e. The third-order valence-corrected chi connectivity index (χ3v) is 3.85. The SMILES string of the molecule is COc1ccc(CO)c(OCC2Cc3ccccc32)c1. The van der Waals surface area contributed by atoms with Crippen LogP contribution in [0.3, 0.4) is 0 Å². The van der Waals surface area contributed by atoms with Crippen molar-refractivity contribution >= 4 is 0 Å². The molecule has 1 N–H and O–H groups in total. The van der Waals surface area contributed by atoms with E-state index < -0.39 is 0 Å². The predicted octanol–water partition coefficient (Wildman–Crippen LogP) is 2.91. The maximum absolute atomic E-state index is 9.36. The van der Waals surface area contributed by atoms with Gasteiger partial charge in [-0.05, 0) is 29.7 Å². The lowest BCUT2D eigenvalue weighted by molar-refractivity contribution is 0.247. The van der Waals surface area contributed by atoms with Gasteiger partial charge in [0.25, 0.3) is 0 Å². The summed E-state index contributed by atoms with van der Waals surface area (Å²) < 4.78 is 11.1. The summed E-state index contributed by atoms with van der Waals surface area (Å²) in [5, 5.41) is 9.36. The predicted molar refractivity (Wildman–Crippen MR) is 77.3 cm³/mol. The molecule has 104 valence electrons. The zero-order valence-corrected chi connectivity index (χ0v) is 11.5. The van der Waals surface area contributed by atoms with Gasteiger partial charge in [0.2, 0.25) is 0 Å². The molecule has 0 aliphatic heterocycles. The van der Waals surface area contributed by atoms with Gasteiger partial charge in [-0.25, -0.2) is 0 Å². The van der Waals surface area contributed by atoms with Crippen LogP contribution in [0.25, 0.3) is 0 Å². The van der Waals surface area contributed by atoms with Gasteiger partial charge in [0.1, 0.15) is 11.5 Å². The highest BCUT2D eigenvalue weighted by Crippen LogP contribution is 2.35. The summed E-state index contributed by atoms with van der Waals surface area (Å²) in [6.07, 6.45) is 1.06. The van der Waals surface area contributed by atoms with Crippen molar-refractivity contribution in [3.8, 4) is 11.5 Å². The first-order valence-electron chi connectivity index (χ1n) is 6.80. The van der Waals surface area contributed by atoms with Crippen molar-refractivity contribution in [2.75, 3.05) is 13.7 Å². The second kappa shape index (κ2) is 5.55. The first kappa shape index (κ1) is 13.0. The molecule has 0 saturated carbocycles. The van der Waals surface area contributed by atoms with E-state index in [1.54, 1.807) is 7.11 Å². The molecular weight excluding hydrogens is 252 g/mol. The highest BCUT2D eigenvalue weighted by Gasteiger charge is 2.26. The van der Waals surface area contributed by atoms with Crippen LogP contribution in [-0.4, -0.2) is 18.8 Å². The van der Waals surface area contributed by atoms with Gasteiger partial charge >= 0.3 is 0 Å². The Kier molecular flexibility index (Phi) is 3.61. The molecule has 0 bridgehead atoms. The number of rotatable bonds is 5. The highest BCUT2D eigenvalue weighted by atomic mass is 16.5. The van der Waals surface area contributed by atoms with E-state index in [0.717, 1.165) is 17.7 Å². The molecule has 1 unspecified atom stereocenters. The second-order valence-electron chi connectivity index (χ2n) is 5.04. The van der Waals surface area contributed by atoms with Crippen LogP contribution >= 0.6 is 0 Å². The van der Waals surface area contributed by atoms with Crippen LogP contribution < -0.4 is 9.47 Å². The Morgan fingerprint density at radius 3 is 2.80 bits per heavy atom. The topological polar surface area (TPSA) is 38.7 Å². The van der Waals surface area contributed by atoms with Gasteiger partial charge in [0, 0.05) is 17.5 Å². The summed E-state index contributed by atoms with van der Waals surface area (Å²) in [5.74, 6) is 1.89. The molecule has 3 nitrogen and oxygen atoms in total. The number of methoxy groups -OCH3 is 1. The summed E-state index contributed by atoms with van der Waals surface area (Å²) in [5.41, 5.74) is 3.58. The van der Waals surface area contributed by atoms with Gasteiger partial charge in [-0.3, -0.25) is 0 Å². The third-order valence-electron chi connectivity index (χ3n) is 3.85. The molecule has 1 aliphatic carbocycles. The Balaban J connectivity index is 1.70. The molecule has 0 saturated heterocycles. The standard InChI is InChI=1S/C17H18O3/c1-19-15-7-6-13(10-18)17(9-15)20-11-14-8-12-4-2-3-5-16(12)14/h2-7,9,14,18H,8,10-11H2,1H3. The number of aliphatic hydroxyl groups is 1. The van der Waals surface area contributed by atoms with Crippen LogP contribution in [-0.2, 0) is 13.0 Å². The van der Waals surface area contributed by atoms with E-state index in [0.29, 0.717) is 18.3 Å². The smallest absolute Gasteiger partial charge is 0.128 e. The monoisotopic (exact) mass is 270 g/mol. The second-order valence-corrected chi connectivity index (χ2v) is 5.04. The molecule has 20 heavy (non-hydrogen) atoms. The van der Waals surface area contributed by atoms with Crippen molar-refractivity contribution in [2.24, 2.45) is 0 Å². The Hall–Kier alpha value is -2.00. The highest BCUT2D eigenvalue weighted by molar-refractivity contribution is 5.42. The summed E-state index contributed by atoms with van der Waals surface area (Å²) in [4.78, 5) is 0. The van der Waals surface area contributed by atoms with Gasteiger partial charge < -0.3 is 14.6 Å². The molecule has 2 aromatic rings. The molecule has 0 radical (unpaired) electrons. The van der Waals surface area contributed by atoms with Crippen LogP contribution in [0, 0.1) is 0 Å². The molecule has 2 aromatic carbocycles. The molecule has 3 heteroatoms. The van der Waals surface area contributed by atoms with Crippen LogP contribution in [0.1, 0.15) is 22.6 Å². The Morgan fingerprint density at radius 2 is 2.05 bits per heavy atom. The minimum absolute atomic E-state index is 0.0272. The van der Waals surface area contributed by atoms with Gasteiger partial charge in [0.05, 0.1) is 20.3 Å². The fourth-order valence-electron chi connectivity index (χ4n) is 2.63. The minimum atomic E-state index is -0.0272. The van der Waals surface area contributed by atoms with Crippen molar-refractivity contribution in [1.29, 1.82) is 0 Å². The molecule has 0 spiro atoms. The fourth-order valence-corrected chi connectivity index (χ4v) is 2.63. The van der Waals surface area contributed by atoms with Crippen LogP contribution in [0.4, 0.5) is 0 Å². The van der Waals surface area contributed by atoms with E-state index >= 15 is 0 Å². The van der Waals surface area contributed by atoms with Crippen molar-refractivity contribution in [3.05, 3.63) is 59.2 Å². The first-order chi connectivity index (χ1) is 9.81. The van der Waals surface area contributed by atoms with E-state index in [-0.39, 0.29) is 6.61 Å². The summed E-state index contributed by atoms with van der Waals surface area (Å²) in [7, 11) is 1.62. The zero-order valence-electron chi connectivity index (χ0n) is 11.5. The number of benzene rings is 2. The molecule has 0 fully saturated rings. The Labute approximate surface area is 118 Å². The van der Waals surface area contributed by atoms with Crippen LogP contribution in [0.15, 0.2) is 42.5 Å². The van der Waals surface area contributed by atoms with E-state index in [1.165, 1.54) is 11.1 Å². The van der Waals surface area contributed by atoms with Crippen molar-refractivity contribution < 1.29 is 14.6 Å². The van der Waals surface area contributed by atoms with Gasteiger partial charge in [-0.2, -0.15) is 0 Å². The normalized spacial score (nSPS) is 16.2. The third kappa shape index (κ3) is 2.37. The quantitative estimate of drug-likeness (QED) is 0.908. The Morgan fingerprint density at radius 1 is 1.20 bits per heavy atom. The zero-order chi connectivity index (χ0) is 13.9. The molecule has 0 aromatic heterocycles. The van der Waals surface area contributed by atoms with Gasteiger partial charge in [-0.1, -0.05) is 24.3 Å².